The zero-order valence-electron chi connectivity index (χ0n) is 17.1. The maximum atomic E-state index is 13.1. The van der Waals surface area contributed by atoms with Crippen molar-refractivity contribution >= 4 is 29.4 Å². The highest BCUT2D eigenvalue weighted by atomic mass is 32.2. The number of hydrogen-bond acceptors (Lipinski definition) is 4. The molecular formula is C21H32N2O3S. The minimum absolute atomic E-state index is 0.0150. The number of esters is 1. The van der Waals surface area contributed by atoms with E-state index < -0.39 is 6.04 Å². The molecule has 0 aliphatic carbocycles. The molecule has 1 heterocycles. The highest BCUT2D eigenvalue weighted by Crippen LogP contribution is 2.34. The van der Waals surface area contributed by atoms with Crippen LogP contribution in [0, 0.1) is 19.8 Å². The number of aryl methyl sites for hydroxylation is 1. The van der Waals surface area contributed by atoms with Crippen LogP contribution in [0.1, 0.15) is 51.2 Å². The van der Waals surface area contributed by atoms with Crippen molar-refractivity contribution in [2.45, 2.75) is 65.3 Å². The van der Waals surface area contributed by atoms with Gasteiger partial charge in [-0.15, -0.1) is 11.8 Å². The highest BCUT2D eigenvalue weighted by molar-refractivity contribution is 8.00. The number of benzene rings is 1. The van der Waals surface area contributed by atoms with Gasteiger partial charge >= 0.3 is 12.0 Å². The third-order valence-corrected chi connectivity index (χ3v) is 6.17. The van der Waals surface area contributed by atoms with Crippen LogP contribution in [0.25, 0.3) is 0 Å². The van der Waals surface area contributed by atoms with Crippen LogP contribution >= 0.6 is 11.8 Å². The summed E-state index contributed by atoms with van der Waals surface area (Å²) in [5.41, 5.74) is 2.95. The topological polar surface area (TPSA) is 58.6 Å². The first-order valence-electron chi connectivity index (χ1n) is 9.78. The first-order chi connectivity index (χ1) is 12.8. The van der Waals surface area contributed by atoms with Crippen LogP contribution in [0.15, 0.2) is 18.2 Å². The number of unbranched alkanes of at least 4 members (excludes halogenated alkanes) is 1. The number of carbonyl (C=O) groups excluding carboxylic acids is 2. The second kappa shape index (κ2) is 10.0. The molecule has 1 fully saturated rings. The quantitative estimate of drug-likeness (QED) is 0.526. The number of carbonyl (C=O) groups is 2. The van der Waals surface area contributed by atoms with Gasteiger partial charge in [-0.1, -0.05) is 39.3 Å². The smallest absolute Gasteiger partial charge is 0.329 e. The molecule has 2 amide bonds. The number of rotatable bonds is 7. The van der Waals surface area contributed by atoms with Crippen LogP contribution in [0.5, 0.6) is 0 Å². The maximum Gasteiger partial charge on any atom is 0.329 e. The number of ether oxygens (including phenoxy) is 1. The van der Waals surface area contributed by atoms with E-state index in [1.54, 1.807) is 16.7 Å². The normalized spacial score (nSPS) is 19.4. The third kappa shape index (κ3) is 5.64. The van der Waals surface area contributed by atoms with E-state index in [1.807, 2.05) is 32.0 Å². The fraction of sp³-hybridized carbons (Fsp3) is 0.619. The molecule has 5 nitrogen and oxygen atoms in total. The summed E-state index contributed by atoms with van der Waals surface area (Å²) in [6, 6.07) is 5.10. The summed E-state index contributed by atoms with van der Waals surface area (Å²) in [6.07, 6.45) is 2.67. The van der Waals surface area contributed by atoms with Crippen LogP contribution in [-0.4, -0.2) is 40.7 Å². The SMILES string of the molecule is CCCCOC(=O)C1CSC(CC(C)C)N1C(=O)Nc1cccc(C)c1C. The number of anilines is 1. The van der Waals surface area contributed by atoms with Gasteiger partial charge < -0.3 is 10.1 Å². The predicted octanol–water partition coefficient (Wildman–Crippen LogP) is 4.97. The Labute approximate surface area is 167 Å². The second-order valence-electron chi connectivity index (χ2n) is 7.54. The molecule has 1 saturated heterocycles. The number of hydrogen-bond donors (Lipinski definition) is 1. The molecule has 1 aromatic carbocycles. The Bertz CT molecular complexity index is 663. The number of nitrogens with one attached hydrogen (secondary N) is 1. The minimum Gasteiger partial charge on any atom is -0.464 e. The fourth-order valence-corrected chi connectivity index (χ4v) is 4.71. The van der Waals surface area contributed by atoms with Crippen molar-refractivity contribution in [1.82, 2.24) is 4.90 Å². The number of urea groups is 1. The molecule has 6 heteroatoms. The van der Waals surface area contributed by atoms with Gasteiger partial charge in [-0.05, 0) is 49.8 Å². The van der Waals surface area contributed by atoms with Crippen LogP contribution in [0.4, 0.5) is 10.5 Å². The largest absolute Gasteiger partial charge is 0.464 e. The van der Waals surface area contributed by atoms with Crippen molar-refractivity contribution in [3.8, 4) is 0 Å². The lowest BCUT2D eigenvalue weighted by Crippen LogP contribution is -2.48. The Kier molecular flexibility index (Phi) is 8.02. The maximum absolute atomic E-state index is 13.1. The summed E-state index contributed by atoms with van der Waals surface area (Å²) in [6.45, 7) is 10.8. The molecule has 1 aliphatic heterocycles. The first-order valence-corrected chi connectivity index (χ1v) is 10.8. The summed E-state index contributed by atoms with van der Waals surface area (Å²) in [7, 11) is 0. The molecule has 1 aliphatic rings. The lowest BCUT2D eigenvalue weighted by atomic mass is 10.1. The molecule has 0 radical (unpaired) electrons. The zero-order chi connectivity index (χ0) is 20.0. The van der Waals surface area contributed by atoms with E-state index in [2.05, 4.69) is 26.1 Å². The average molecular weight is 393 g/mol. The number of nitrogens with zero attached hydrogens (tertiary/aromatic N) is 1. The summed E-state index contributed by atoms with van der Waals surface area (Å²) in [4.78, 5) is 27.4. The number of amides is 2. The highest BCUT2D eigenvalue weighted by Gasteiger charge is 2.42. The van der Waals surface area contributed by atoms with Crippen molar-refractivity contribution in [3.63, 3.8) is 0 Å². The van der Waals surface area contributed by atoms with Crippen molar-refractivity contribution in [2.24, 2.45) is 5.92 Å². The summed E-state index contributed by atoms with van der Waals surface area (Å²) >= 11 is 1.66. The van der Waals surface area contributed by atoms with E-state index >= 15 is 0 Å². The fourth-order valence-electron chi connectivity index (χ4n) is 3.08. The Hall–Kier alpha value is -1.69. The van der Waals surface area contributed by atoms with Gasteiger partial charge in [0.1, 0.15) is 6.04 Å². The number of thioether (sulfide) groups is 1. The van der Waals surface area contributed by atoms with E-state index in [0.717, 1.165) is 36.1 Å². The monoisotopic (exact) mass is 392 g/mol. The molecule has 2 unspecified atom stereocenters. The molecule has 1 N–H and O–H groups in total. The molecule has 0 aromatic heterocycles. The van der Waals surface area contributed by atoms with E-state index in [1.165, 1.54) is 0 Å². The Balaban J connectivity index is 2.17. The minimum atomic E-state index is -0.527. The van der Waals surface area contributed by atoms with E-state index in [-0.39, 0.29) is 17.4 Å². The standard InChI is InChI=1S/C21H32N2O3S/c1-6-7-11-26-20(24)18-13-27-19(12-14(2)3)23(18)21(25)22-17-10-8-9-15(4)16(17)5/h8-10,14,18-19H,6-7,11-13H2,1-5H3,(H,22,25). The molecule has 0 bridgehead atoms. The van der Waals surface area contributed by atoms with Crippen LogP contribution in [0.2, 0.25) is 0 Å². The first kappa shape index (κ1) is 21.6. The van der Waals surface area contributed by atoms with Crippen molar-refractivity contribution in [2.75, 3.05) is 17.7 Å². The molecule has 2 rings (SSSR count). The van der Waals surface area contributed by atoms with E-state index in [4.69, 9.17) is 4.74 Å². The second-order valence-corrected chi connectivity index (χ2v) is 8.75. The molecule has 0 saturated carbocycles. The summed E-state index contributed by atoms with van der Waals surface area (Å²) in [5.74, 6) is 0.731. The molecule has 1 aromatic rings. The zero-order valence-corrected chi connectivity index (χ0v) is 17.9. The van der Waals surface area contributed by atoms with Crippen LogP contribution < -0.4 is 5.32 Å². The van der Waals surface area contributed by atoms with E-state index in [0.29, 0.717) is 18.3 Å². The molecular weight excluding hydrogens is 360 g/mol. The average Bonchev–Trinajstić information content (AvgIpc) is 3.02. The lowest BCUT2D eigenvalue weighted by Gasteiger charge is -2.29. The molecule has 0 spiro atoms. The third-order valence-electron chi connectivity index (χ3n) is 4.86. The van der Waals surface area contributed by atoms with Gasteiger partial charge in [-0.25, -0.2) is 9.59 Å². The predicted molar refractivity (Wildman–Crippen MR) is 112 cm³/mol. The summed E-state index contributed by atoms with van der Waals surface area (Å²) < 4.78 is 5.42. The molecule has 2 atom stereocenters. The molecule has 150 valence electrons. The molecule has 27 heavy (non-hydrogen) atoms. The van der Waals surface area contributed by atoms with Gasteiger partial charge in [-0.2, -0.15) is 0 Å². The van der Waals surface area contributed by atoms with Crippen molar-refractivity contribution in [3.05, 3.63) is 29.3 Å². The van der Waals surface area contributed by atoms with Gasteiger partial charge in [0.25, 0.3) is 0 Å². The van der Waals surface area contributed by atoms with Gasteiger partial charge in [0, 0.05) is 11.4 Å². The lowest BCUT2D eigenvalue weighted by molar-refractivity contribution is -0.148. The van der Waals surface area contributed by atoms with Crippen molar-refractivity contribution in [1.29, 1.82) is 0 Å². The van der Waals surface area contributed by atoms with Crippen LogP contribution in [-0.2, 0) is 9.53 Å². The summed E-state index contributed by atoms with van der Waals surface area (Å²) in [5, 5.41) is 3.00. The Morgan fingerprint density at radius 1 is 1.33 bits per heavy atom. The van der Waals surface area contributed by atoms with Crippen LogP contribution in [0.3, 0.4) is 0 Å². The van der Waals surface area contributed by atoms with Gasteiger partial charge in [-0.3, -0.25) is 4.90 Å². The van der Waals surface area contributed by atoms with Gasteiger partial charge in [0.2, 0.25) is 0 Å². The van der Waals surface area contributed by atoms with Crippen molar-refractivity contribution < 1.29 is 14.3 Å². The van der Waals surface area contributed by atoms with Gasteiger partial charge in [0.15, 0.2) is 0 Å². The Morgan fingerprint density at radius 3 is 2.74 bits per heavy atom. The van der Waals surface area contributed by atoms with E-state index in [9.17, 15) is 9.59 Å². The van der Waals surface area contributed by atoms with Gasteiger partial charge in [0.05, 0.1) is 12.0 Å². The Morgan fingerprint density at radius 2 is 2.07 bits per heavy atom.